The van der Waals surface area contributed by atoms with E-state index in [4.69, 9.17) is 4.74 Å². The van der Waals surface area contributed by atoms with Crippen molar-refractivity contribution in [2.75, 3.05) is 31.6 Å². The van der Waals surface area contributed by atoms with Crippen LogP contribution in [-0.4, -0.2) is 49.9 Å². The minimum absolute atomic E-state index is 0.174. The molecule has 0 bridgehead atoms. The molecule has 0 unspecified atom stereocenters. The molecule has 0 spiro atoms. The number of aryl methyl sites for hydroxylation is 1. The molecule has 1 aliphatic rings. The highest BCUT2D eigenvalue weighted by Gasteiger charge is 2.26. The van der Waals surface area contributed by atoms with Crippen LogP contribution in [-0.2, 0) is 32.4 Å². The van der Waals surface area contributed by atoms with Crippen LogP contribution in [0.25, 0.3) is 0 Å². The molecule has 1 aliphatic heterocycles. The smallest absolute Gasteiger partial charge is 0.243 e. The molecule has 1 aromatic heterocycles. The van der Waals surface area contributed by atoms with Crippen molar-refractivity contribution in [1.29, 1.82) is 0 Å². The summed E-state index contributed by atoms with van der Waals surface area (Å²) in [6, 6.07) is 13.0. The first-order chi connectivity index (χ1) is 15.9. The maximum atomic E-state index is 13.3. The van der Waals surface area contributed by atoms with Crippen LogP contribution in [0, 0.1) is 5.82 Å². The number of halogens is 1. The van der Waals surface area contributed by atoms with Crippen molar-refractivity contribution in [2.45, 2.75) is 24.2 Å². The Bertz CT molecular complexity index is 1210. The standard InChI is InChI=1S/C23H24FN3O4S2/c24-19-3-1-2-18(14-19)15-20-16-25-23(32-20)26-22(28)9-6-17-4-7-21(8-5-17)33(29,30)27-10-12-31-13-11-27/h1-5,7-8,14,16H,6,9-13,15H2,(H,25,26,28). The summed E-state index contributed by atoms with van der Waals surface area (Å²) in [5, 5.41) is 3.29. The van der Waals surface area contributed by atoms with E-state index >= 15 is 0 Å². The lowest BCUT2D eigenvalue weighted by atomic mass is 10.1. The van der Waals surface area contributed by atoms with Crippen LogP contribution < -0.4 is 5.32 Å². The van der Waals surface area contributed by atoms with Gasteiger partial charge in [0.2, 0.25) is 15.9 Å². The minimum Gasteiger partial charge on any atom is -0.379 e. The van der Waals surface area contributed by atoms with Gasteiger partial charge in [0.15, 0.2) is 5.13 Å². The molecule has 7 nitrogen and oxygen atoms in total. The molecule has 2 aromatic carbocycles. The predicted molar refractivity (Wildman–Crippen MR) is 124 cm³/mol. The highest BCUT2D eigenvalue weighted by Crippen LogP contribution is 2.22. The van der Waals surface area contributed by atoms with Gasteiger partial charge < -0.3 is 10.1 Å². The van der Waals surface area contributed by atoms with E-state index in [9.17, 15) is 17.6 Å². The number of carbonyl (C=O) groups excluding carboxylic acids is 1. The lowest BCUT2D eigenvalue weighted by Gasteiger charge is -2.26. The number of amides is 1. The molecular weight excluding hydrogens is 465 g/mol. The molecule has 0 saturated carbocycles. The van der Waals surface area contributed by atoms with Gasteiger partial charge in [-0.2, -0.15) is 4.31 Å². The topological polar surface area (TPSA) is 88.6 Å². The van der Waals surface area contributed by atoms with Crippen LogP contribution in [0.2, 0.25) is 0 Å². The number of morpholine rings is 1. The first kappa shape index (κ1) is 23.5. The third-order valence-corrected chi connectivity index (χ3v) is 8.06. The monoisotopic (exact) mass is 489 g/mol. The maximum Gasteiger partial charge on any atom is 0.243 e. The van der Waals surface area contributed by atoms with Crippen LogP contribution in [0.1, 0.15) is 22.4 Å². The average molecular weight is 490 g/mol. The Balaban J connectivity index is 1.28. The van der Waals surface area contributed by atoms with Crippen molar-refractivity contribution in [1.82, 2.24) is 9.29 Å². The second-order valence-electron chi connectivity index (χ2n) is 7.65. The van der Waals surface area contributed by atoms with Gasteiger partial charge in [-0.15, -0.1) is 11.3 Å². The maximum absolute atomic E-state index is 13.3. The summed E-state index contributed by atoms with van der Waals surface area (Å²) in [6.07, 6.45) is 2.95. The van der Waals surface area contributed by atoms with Crippen molar-refractivity contribution in [3.8, 4) is 0 Å². The van der Waals surface area contributed by atoms with Crippen LogP contribution in [0.15, 0.2) is 59.6 Å². The molecule has 3 aromatic rings. The molecule has 174 valence electrons. The molecule has 4 rings (SSSR count). The van der Waals surface area contributed by atoms with Gasteiger partial charge in [0.1, 0.15) is 5.82 Å². The molecule has 2 heterocycles. The van der Waals surface area contributed by atoms with Gasteiger partial charge >= 0.3 is 0 Å². The number of nitrogens with one attached hydrogen (secondary N) is 1. The largest absolute Gasteiger partial charge is 0.379 e. The molecular formula is C23H24FN3O4S2. The van der Waals surface area contributed by atoms with Crippen molar-refractivity contribution in [3.05, 3.63) is 76.5 Å². The Morgan fingerprint density at radius 3 is 2.61 bits per heavy atom. The SMILES string of the molecule is O=C(CCc1ccc(S(=O)(=O)N2CCOCC2)cc1)Nc1ncc(Cc2cccc(F)c2)s1. The number of anilines is 1. The number of ether oxygens (including phenoxy) is 1. The molecule has 0 aliphatic carbocycles. The molecule has 0 atom stereocenters. The van der Waals surface area contributed by atoms with Crippen LogP contribution in [0.4, 0.5) is 9.52 Å². The van der Waals surface area contributed by atoms with Crippen LogP contribution in [0.3, 0.4) is 0 Å². The highest BCUT2D eigenvalue weighted by atomic mass is 32.2. The third kappa shape index (κ3) is 6.23. The van der Waals surface area contributed by atoms with Gasteiger partial charge in [0.25, 0.3) is 0 Å². The van der Waals surface area contributed by atoms with Crippen LogP contribution in [0.5, 0.6) is 0 Å². The number of sulfonamides is 1. The quantitative estimate of drug-likeness (QED) is 0.524. The summed E-state index contributed by atoms with van der Waals surface area (Å²) in [7, 11) is -3.53. The Labute approximate surface area is 196 Å². The first-order valence-electron chi connectivity index (χ1n) is 10.6. The van der Waals surface area contributed by atoms with Crippen molar-refractivity contribution >= 4 is 32.4 Å². The molecule has 33 heavy (non-hydrogen) atoms. The lowest BCUT2D eigenvalue weighted by molar-refractivity contribution is -0.116. The summed E-state index contributed by atoms with van der Waals surface area (Å²) in [4.78, 5) is 17.7. The number of carbonyl (C=O) groups is 1. The van der Waals surface area contributed by atoms with Crippen LogP contribution >= 0.6 is 11.3 Å². The van der Waals surface area contributed by atoms with Gasteiger partial charge in [0, 0.05) is 37.0 Å². The summed E-state index contributed by atoms with van der Waals surface area (Å²) in [5.74, 6) is -0.455. The zero-order valence-corrected chi connectivity index (χ0v) is 19.5. The highest BCUT2D eigenvalue weighted by molar-refractivity contribution is 7.89. The van der Waals surface area contributed by atoms with Crippen molar-refractivity contribution in [3.63, 3.8) is 0 Å². The average Bonchev–Trinajstić information content (AvgIpc) is 3.25. The fraction of sp³-hybridized carbons (Fsp3) is 0.304. The molecule has 0 radical (unpaired) electrons. The van der Waals surface area contributed by atoms with E-state index in [1.165, 1.54) is 27.8 Å². The Hall–Kier alpha value is -2.66. The summed E-state index contributed by atoms with van der Waals surface area (Å²) in [6.45, 7) is 1.51. The Morgan fingerprint density at radius 1 is 1.12 bits per heavy atom. The Kier molecular flexibility index (Phi) is 7.49. The fourth-order valence-electron chi connectivity index (χ4n) is 3.50. The van der Waals surface area contributed by atoms with Crippen molar-refractivity contribution in [2.24, 2.45) is 0 Å². The van der Waals surface area contributed by atoms with E-state index in [1.807, 2.05) is 6.07 Å². The zero-order valence-electron chi connectivity index (χ0n) is 17.9. The van der Waals surface area contributed by atoms with Crippen molar-refractivity contribution < 1.29 is 22.3 Å². The lowest BCUT2D eigenvalue weighted by Crippen LogP contribution is -2.40. The van der Waals surface area contributed by atoms with Gasteiger partial charge in [-0.3, -0.25) is 4.79 Å². The number of hydrogen-bond acceptors (Lipinski definition) is 6. The van der Waals surface area contributed by atoms with E-state index in [-0.39, 0.29) is 23.0 Å². The summed E-state index contributed by atoms with van der Waals surface area (Å²) >= 11 is 1.36. The van der Waals surface area contributed by atoms with Gasteiger partial charge in [-0.05, 0) is 41.8 Å². The molecule has 10 heteroatoms. The van der Waals surface area contributed by atoms with E-state index in [0.717, 1.165) is 16.0 Å². The number of thiazole rings is 1. The van der Waals surface area contributed by atoms with Gasteiger partial charge in [-0.1, -0.05) is 24.3 Å². The van der Waals surface area contributed by atoms with Gasteiger partial charge in [0.05, 0.1) is 18.1 Å². The first-order valence-corrected chi connectivity index (χ1v) is 12.8. The van der Waals surface area contributed by atoms with E-state index in [1.54, 1.807) is 36.5 Å². The zero-order chi connectivity index (χ0) is 23.3. The number of hydrogen-bond donors (Lipinski definition) is 1. The number of rotatable bonds is 8. The molecule has 1 amide bonds. The fourth-order valence-corrected chi connectivity index (χ4v) is 5.77. The number of nitrogens with zero attached hydrogens (tertiary/aromatic N) is 2. The number of benzene rings is 2. The second kappa shape index (κ2) is 10.5. The summed E-state index contributed by atoms with van der Waals surface area (Å²) in [5.41, 5.74) is 1.72. The second-order valence-corrected chi connectivity index (χ2v) is 10.7. The van der Waals surface area contributed by atoms with E-state index in [0.29, 0.717) is 44.3 Å². The minimum atomic E-state index is -3.53. The van der Waals surface area contributed by atoms with E-state index in [2.05, 4.69) is 10.3 Å². The van der Waals surface area contributed by atoms with E-state index < -0.39 is 10.0 Å². The predicted octanol–water partition coefficient (Wildman–Crippen LogP) is 3.47. The molecule has 1 fully saturated rings. The molecule has 1 N–H and O–H groups in total. The third-order valence-electron chi connectivity index (χ3n) is 5.24. The van der Waals surface area contributed by atoms with Gasteiger partial charge in [-0.25, -0.2) is 17.8 Å². The number of aromatic nitrogens is 1. The summed E-state index contributed by atoms with van der Waals surface area (Å²) < 4.78 is 45.3. The molecule has 1 saturated heterocycles. The Morgan fingerprint density at radius 2 is 1.88 bits per heavy atom. The normalized spacial score (nSPS) is 14.8.